The molecule has 1 amide bonds. The predicted octanol–water partition coefficient (Wildman–Crippen LogP) is 2.75. The van der Waals surface area contributed by atoms with E-state index in [1.54, 1.807) is 0 Å². The van der Waals surface area contributed by atoms with Gasteiger partial charge in [-0.3, -0.25) is 14.8 Å². The lowest BCUT2D eigenvalue weighted by atomic mass is 9.83. The molecular weight excluding hydrogens is 368 g/mol. The summed E-state index contributed by atoms with van der Waals surface area (Å²) >= 11 is 0. The van der Waals surface area contributed by atoms with Gasteiger partial charge in [-0.2, -0.15) is 5.10 Å². The lowest BCUT2D eigenvalue weighted by Crippen LogP contribution is -2.38. The van der Waals surface area contributed by atoms with E-state index >= 15 is 0 Å². The van der Waals surface area contributed by atoms with Crippen molar-refractivity contribution in [1.29, 1.82) is 0 Å². The van der Waals surface area contributed by atoms with Crippen LogP contribution in [0.5, 0.6) is 5.75 Å². The molecule has 7 heteroatoms. The van der Waals surface area contributed by atoms with Crippen LogP contribution in [0, 0.1) is 0 Å². The van der Waals surface area contributed by atoms with Crippen LogP contribution in [0.3, 0.4) is 0 Å². The molecule has 1 saturated heterocycles. The molecule has 1 aromatic heterocycles. The van der Waals surface area contributed by atoms with Gasteiger partial charge in [-0.25, -0.2) is 0 Å². The minimum atomic E-state index is -0.00898. The molecule has 0 bridgehead atoms. The molecule has 3 heterocycles. The fourth-order valence-corrected chi connectivity index (χ4v) is 4.19. The molecule has 0 aliphatic carbocycles. The van der Waals surface area contributed by atoms with Gasteiger partial charge < -0.3 is 14.8 Å². The molecule has 2 aliphatic heterocycles. The summed E-state index contributed by atoms with van der Waals surface area (Å²) in [7, 11) is 0. The highest BCUT2D eigenvalue weighted by atomic mass is 16.5. The number of amides is 1. The average Bonchev–Trinajstić information content (AvgIpc) is 3.23. The summed E-state index contributed by atoms with van der Waals surface area (Å²) in [5.41, 5.74) is 4.04. The van der Waals surface area contributed by atoms with Gasteiger partial charge >= 0.3 is 0 Å². The van der Waals surface area contributed by atoms with Crippen LogP contribution in [-0.2, 0) is 9.53 Å². The van der Waals surface area contributed by atoms with Crippen LogP contribution in [0.25, 0.3) is 10.9 Å². The van der Waals surface area contributed by atoms with E-state index < -0.39 is 0 Å². The van der Waals surface area contributed by atoms with Crippen molar-refractivity contribution in [2.45, 2.75) is 12.3 Å². The number of benzene rings is 2. The third-order valence-corrected chi connectivity index (χ3v) is 5.73. The Morgan fingerprint density at radius 2 is 1.97 bits per heavy atom. The van der Waals surface area contributed by atoms with Crippen LogP contribution >= 0.6 is 0 Å². The highest BCUT2D eigenvalue weighted by Gasteiger charge is 2.29. The lowest BCUT2D eigenvalue weighted by Gasteiger charge is -2.27. The monoisotopic (exact) mass is 392 g/mol. The zero-order chi connectivity index (χ0) is 19.6. The third-order valence-electron chi connectivity index (χ3n) is 5.73. The van der Waals surface area contributed by atoms with E-state index in [0.717, 1.165) is 66.3 Å². The van der Waals surface area contributed by atoms with E-state index in [0.29, 0.717) is 13.0 Å². The Bertz CT molecular complexity index is 1010. The van der Waals surface area contributed by atoms with E-state index in [1.807, 2.05) is 30.5 Å². The van der Waals surface area contributed by atoms with E-state index in [4.69, 9.17) is 9.47 Å². The maximum Gasteiger partial charge on any atom is 0.225 e. The first-order valence-corrected chi connectivity index (χ1v) is 10.1. The Balaban J connectivity index is 1.32. The number of aromatic amines is 1. The number of ether oxygens (including phenoxy) is 2. The predicted molar refractivity (Wildman–Crippen MR) is 110 cm³/mol. The van der Waals surface area contributed by atoms with Crippen molar-refractivity contribution < 1.29 is 14.3 Å². The topological polar surface area (TPSA) is 79.5 Å². The number of fused-ring (bicyclic) bond motifs is 3. The van der Waals surface area contributed by atoms with E-state index in [-0.39, 0.29) is 11.8 Å². The second kappa shape index (κ2) is 7.85. The van der Waals surface area contributed by atoms with Gasteiger partial charge in [-0.15, -0.1) is 0 Å². The number of rotatable bonds is 5. The standard InChI is InChI=1S/C22H24N4O3/c27-20-13-18(21-19(24-20)6-3-16-14-23-25-22(16)21)15-1-4-17(5-2-15)29-12-9-26-7-10-28-11-8-26/h1-6,14,18H,7-13H2,(H,23,25)(H,24,27). The maximum atomic E-state index is 12.3. The number of hydrogen-bond acceptors (Lipinski definition) is 5. The Kier molecular flexibility index (Phi) is 4.91. The summed E-state index contributed by atoms with van der Waals surface area (Å²) in [5.74, 6) is 0.875. The van der Waals surface area contributed by atoms with Crippen LogP contribution < -0.4 is 10.1 Å². The van der Waals surface area contributed by atoms with Crippen LogP contribution in [-0.4, -0.2) is 60.5 Å². The number of H-pyrrole nitrogens is 1. The van der Waals surface area contributed by atoms with Gasteiger partial charge in [0.2, 0.25) is 5.91 Å². The third kappa shape index (κ3) is 3.71. The molecule has 5 rings (SSSR count). The number of hydrogen-bond donors (Lipinski definition) is 2. The van der Waals surface area contributed by atoms with Crippen molar-refractivity contribution in [2.24, 2.45) is 0 Å². The number of nitrogens with one attached hydrogen (secondary N) is 2. The minimum Gasteiger partial charge on any atom is -0.492 e. The van der Waals surface area contributed by atoms with Crippen LogP contribution in [0.4, 0.5) is 5.69 Å². The Hall–Kier alpha value is -2.90. The molecule has 3 aromatic rings. The molecule has 2 aromatic carbocycles. The zero-order valence-corrected chi connectivity index (χ0v) is 16.2. The first kappa shape index (κ1) is 18.1. The SMILES string of the molecule is O=C1CC(c2ccc(OCCN3CCOCC3)cc2)c2c(ccc3cn[nH]c23)N1. The fraction of sp³-hybridized carbons (Fsp3) is 0.364. The molecule has 2 N–H and O–H groups in total. The Labute approximate surface area is 169 Å². The first-order chi connectivity index (χ1) is 14.3. The highest BCUT2D eigenvalue weighted by molar-refractivity contribution is 6.00. The van der Waals surface area contributed by atoms with Gasteiger partial charge in [-0.05, 0) is 29.8 Å². The minimum absolute atomic E-state index is 0.00898. The highest BCUT2D eigenvalue weighted by Crippen LogP contribution is 2.41. The van der Waals surface area contributed by atoms with Crippen molar-refractivity contribution in [2.75, 3.05) is 44.8 Å². The molecule has 1 unspecified atom stereocenters. The molecule has 0 saturated carbocycles. The van der Waals surface area contributed by atoms with Crippen molar-refractivity contribution in [3.63, 3.8) is 0 Å². The second-order valence-electron chi connectivity index (χ2n) is 7.54. The number of aromatic nitrogens is 2. The zero-order valence-electron chi connectivity index (χ0n) is 16.2. The second-order valence-corrected chi connectivity index (χ2v) is 7.54. The summed E-state index contributed by atoms with van der Waals surface area (Å²) in [4.78, 5) is 14.6. The number of nitrogens with zero attached hydrogens (tertiary/aromatic N) is 2. The quantitative estimate of drug-likeness (QED) is 0.698. The summed E-state index contributed by atoms with van der Waals surface area (Å²) in [6, 6.07) is 12.0. The fourth-order valence-electron chi connectivity index (χ4n) is 4.19. The van der Waals surface area contributed by atoms with E-state index in [9.17, 15) is 4.79 Å². The van der Waals surface area contributed by atoms with Crippen LogP contribution in [0.15, 0.2) is 42.6 Å². The number of carbonyl (C=O) groups is 1. The Morgan fingerprint density at radius 1 is 1.14 bits per heavy atom. The Morgan fingerprint density at radius 3 is 2.79 bits per heavy atom. The molecular formula is C22H24N4O3. The van der Waals surface area contributed by atoms with Gasteiger partial charge in [0, 0.05) is 48.6 Å². The van der Waals surface area contributed by atoms with Gasteiger partial charge in [0.25, 0.3) is 0 Å². The van der Waals surface area contributed by atoms with Crippen molar-refractivity contribution in [3.8, 4) is 5.75 Å². The summed E-state index contributed by atoms with van der Waals surface area (Å²) in [5, 5.41) is 11.3. The molecule has 1 fully saturated rings. The van der Waals surface area contributed by atoms with Gasteiger partial charge in [0.05, 0.1) is 24.9 Å². The molecule has 150 valence electrons. The summed E-state index contributed by atoms with van der Waals surface area (Å²) in [6.07, 6.45) is 2.23. The largest absolute Gasteiger partial charge is 0.492 e. The first-order valence-electron chi connectivity index (χ1n) is 10.1. The summed E-state index contributed by atoms with van der Waals surface area (Å²) in [6.45, 7) is 5.09. The normalized spacial score (nSPS) is 19.7. The van der Waals surface area contributed by atoms with Gasteiger partial charge in [0.15, 0.2) is 0 Å². The molecule has 2 aliphatic rings. The van der Waals surface area contributed by atoms with Crippen molar-refractivity contribution in [1.82, 2.24) is 15.1 Å². The van der Waals surface area contributed by atoms with Gasteiger partial charge in [0.1, 0.15) is 12.4 Å². The molecule has 0 radical (unpaired) electrons. The van der Waals surface area contributed by atoms with E-state index in [1.165, 1.54) is 0 Å². The average molecular weight is 392 g/mol. The number of anilines is 1. The number of morpholine rings is 1. The van der Waals surface area contributed by atoms with E-state index in [2.05, 4.69) is 32.5 Å². The van der Waals surface area contributed by atoms with Gasteiger partial charge in [-0.1, -0.05) is 12.1 Å². The van der Waals surface area contributed by atoms with Crippen molar-refractivity contribution >= 4 is 22.5 Å². The van der Waals surface area contributed by atoms with Crippen molar-refractivity contribution in [3.05, 3.63) is 53.7 Å². The summed E-state index contributed by atoms with van der Waals surface area (Å²) < 4.78 is 11.3. The molecule has 7 nitrogen and oxygen atoms in total. The lowest BCUT2D eigenvalue weighted by molar-refractivity contribution is -0.116. The maximum absolute atomic E-state index is 12.3. The van der Waals surface area contributed by atoms with Crippen LogP contribution in [0.2, 0.25) is 0 Å². The molecule has 29 heavy (non-hydrogen) atoms. The van der Waals surface area contributed by atoms with Crippen LogP contribution in [0.1, 0.15) is 23.5 Å². The smallest absolute Gasteiger partial charge is 0.225 e. The molecule has 1 atom stereocenters. The number of carbonyl (C=O) groups excluding carboxylic acids is 1. The molecule has 0 spiro atoms.